The summed E-state index contributed by atoms with van der Waals surface area (Å²) in [5.41, 5.74) is 2.87. The van der Waals surface area contributed by atoms with E-state index in [1.54, 1.807) is 17.1 Å². The number of nitrogens with zero attached hydrogens (tertiary/aromatic N) is 2. The first kappa shape index (κ1) is 11.1. The van der Waals surface area contributed by atoms with Crippen LogP contribution in [0.15, 0.2) is 42.7 Å². The summed E-state index contributed by atoms with van der Waals surface area (Å²) in [6.07, 6.45) is 6.02. The number of hydrogen-bond donors (Lipinski definition) is 1. The predicted octanol–water partition coefficient (Wildman–Crippen LogP) is 2.28. The molecule has 0 radical (unpaired) electrons. The Bertz CT molecular complexity index is 570. The van der Waals surface area contributed by atoms with E-state index in [0.29, 0.717) is 0 Å². The molecule has 1 N–H and O–H groups in total. The molecule has 0 unspecified atom stereocenters. The van der Waals surface area contributed by atoms with Gasteiger partial charge in [0.15, 0.2) is 0 Å². The molecule has 0 aliphatic heterocycles. The molecule has 1 aromatic heterocycles. The quantitative estimate of drug-likeness (QED) is 0.820. The standard InChI is InChI=1S/C13H12N2O2/c1-10-3-2-4-12(7-10)15-9-11(8-14-15)5-6-13(16)17/h2-9H,1H3,(H,16,17). The van der Waals surface area contributed by atoms with Gasteiger partial charge in [-0.05, 0) is 30.7 Å². The fourth-order valence-electron chi connectivity index (χ4n) is 1.50. The van der Waals surface area contributed by atoms with Gasteiger partial charge in [-0.3, -0.25) is 0 Å². The zero-order valence-corrected chi connectivity index (χ0v) is 9.37. The molecular weight excluding hydrogens is 216 g/mol. The third kappa shape index (κ3) is 2.81. The van der Waals surface area contributed by atoms with Gasteiger partial charge in [-0.25, -0.2) is 9.48 Å². The SMILES string of the molecule is Cc1cccc(-n2cc(C=CC(=O)O)cn2)c1. The highest BCUT2D eigenvalue weighted by molar-refractivity contribution is 5.85. The lowest BCUT2D eigenvalue weighted by molar-refractivity contribution is -0.131. The predicted molar refractivity (Wildman–Crippen MR) is 65.0 cm³/mol. The molecule has 4 nitrogen and oxygen atoms in total. The highest BCUT2D eigenvalue weighted by Gasteiger charge is 1.99. The Kier molecular flexibility index (Phi) is 3.05. The molecule has 0 spiro atoms. The van der Waals surface area contributed by atoms with E-state index >= 15 is 0 Å². The second-order valence-corrected chi connectivity index (χ2v) is 3.73. The molecule has 0 atom stereocenters. The summed E-state index contributed by atoms with van der Waals surface area (Å²) >= 11 is 0. The Balaban J connectivity index is 2.27. The van der Waals surface area contributed by atoms with Crippen molar-refractivity contribution in [2.75, 3.05) is 0 Å². The van der Waals surface area contributed by atoms with Crippen molar-refractivity contribution in [3.8, 4) is 5.69 Å². The minimum Gasteiger partial charge on any atom is -0.478 e. The Labute approximate surface area is 98.8 Å². The van der Waals surface area contributed by atoms with E-state index in [-0.39, 0.29) is 0 Å². The summed E-state index contributed by atoms with van der Waals surface area (Å²) in [5.74, 6) is -0.965. The van der Waals surface area contributed by atoms with E-state index in [1.165, 1.54) is 6.08 Å². The molecule has 0 amide bonds. The van der Waals surface area contributed by atoms with E-state index in [4.69, 9.17) is 5.11 Å². The van der Waals surface area contributed by atoms with Gasteiger partial charge in [0.2, 0.25) is 0 Å². The van der Waals surface area contributed by atoms with Crippen molar-refractivity contribution in [2.24, 2.45) is 0 Å². The van der Waals surface area contributed by atoms with Gasteiger partial charge in [-0.1, -0.05) is 12.1 Å². The smallest absolute Gasteiger partial charge is 0.328 e. The topological polar surface area (TPSA) is 55.1 Å². The average Bonchev–Trinajstić information content (AvgIpc) is 2.75. The van der Waals surface area contributed by atoms with Crippen molar-refractivity contribution in [1.29, 1.82) is 0 Å². The highest BCUT2D eigenvalue weighted by atomic mass is 16.4. The second kappa shape index (κ2) is 4.65. The average molecular weight is 228 g/mol. The maximum absolute atomic E-state index is 10.4. The van der Waals surface area contributed by atoms with Crippen molar-refractivity contribution < 1.29 is 9.90 Å². The number of carboxylic acid groups (broad SMARTS) is 1. The number of carboxylic acids is 1. The van der Waals surface area contributed by atoms with Crippen LogP contribution in [0.25, 0.3) is 11.8 Å². The first-order valence-corrected chi connectivity index (χ1v) is 5.18. The van der Waals surface area contributed by atoms with E-state index in [1.807, 2.05) is 31.2 Å². The van der Waals surface area contributed by atoms with Gasteiger partial charge in [0.05, 0.1) is 11.9 Å². The number of carbonyl (C=O) groups is 1. The number of hydrogen-bond acceptors (Lipinski definition) is 2. The second-order valence-electron chi connectivity index (χ2n) is 3.73. The molecule has 0 bridgehead atoms. The molecule has 0 aliphatic carbocycles. The monoisotopic (exact) mass is 228 g/mol. The van der Waals surface area contributed by atoms with Crippen LogP contribution in [-0.4, -0.2) is 20.9 Å². The molecule has 2 rings (SSSR count). The summed E-state index contributed by atoms with van der Waals surface area (Å²) in [6, 6.07) is 7.93. The van der Waals surface area contributed by atoms with Crippen molar-refractivity contribution in [3.63, 3.8) is 0 Å². The summed E-state index contributed by atoms with van der Waals surface area (Å²) in [6.45, 7) is 2.01. The molecule has 0 saturated carbocycles. The highest BCUT2D eigenvalue weighted by Crippen LogP contribution is 2.11. The first-order valence-electron chi connectivity index (χ1n) is 5.18. The van der Waals surface area contributed by atoms with Gasteiger partial charge in [0, 0.05) is 17.8 Å². The zero-order chi connectivity index (χ0) is 12.3. The maximum atomic E-state index is 10.4. The van der Waals surface area contributed by atoms with Gasteiger partial charge in [-0.15, -0.1) is 0 Å². The summed E-state index contributed by atoms with van der Waals surface area (Å²) in [4.78, 5) is 10.4. The number of benzene rings is 1. The Morgan fingerprint density at radius 1 is 1.47 bits per heavy atom. The third-order valence-electron chi connectivity index (χ3n) is 2.29. The lowest BCUT2D eigenvalue weighted by Crippen LogP contribution is -1.93. The largest absolute Gasteiger partial charge is 0.478 e. The molecule has 1 heterocycles. The van der Waals surface area contributed by atoms with Gasteiger partial charge in [-0.2, -0.15) is 5.10 Å². The van der Waals surface area contributed by atoms with Crippen molar-refractivity contribution in [1.82, 2.24) is 9.78 Å². The van der Waals surface area contributed by atoms with E-state index in [9.17, 15) is 4.79 Å². The Morgan fingerprint density at radius 3 is 3.00 bits per heavy atom. The van der Waals surface area contributed by atoms with Crippen molar-refractivity contribution >= 4 is 12.0 Å². The molecule has 0 aliphatic rings. The first-order chi connectivity index (χ1) is 8.15. The maximum Gasteiger partial charge on any atom is 0.328 e. The van der Waals surface area contributed by atoms with Crippen LogP contribution in [0.5, 0.6) is 0 Å². The van der Waals surface area contributed by atoms with Gasteiger partial charge < -0.3 is 5.11 Å². The Morgan fingerprint density at radius 2 is 2.29 bits per heavy atom. The zero-order valence-electron chi connectivity index (χ0n) is 9.37. The van der Waals surface area contributed by atoms with Crippen LogP contribution < -0.4 is 0 Å². The van der Waals surface area contributed by atoms with Crippen molar-refractivity contribution in [2.45, 2.75) is 6.92 Å². The summed E-state index contributed by atoms with van der Waals surface area (Å²) in [7, 11) is 0. The van der Waals surface area contributed by atoms with Crippen LogP contribution >= 0.6 is 0 Å². The van der Waals surface area contributed by atoms with Crippen LogP contribution in [0.1, 0.15) is 11.1 Å². The van der Waals surface area contributed by atoms with E-state index in [2.05, 4.69) is 5.10 Å². The molecule has 0 fully saturated rings. The fourth-order valence-corrected chi connectivity index (χ4v) is 1.50. The molecule has 2 aromatic rings. The van der Waals surface area contributed by atoms with Crippen molar-refractivity contribution in [3.05, 3.63) is 53.9 Å². The van der Waals surface area contributed by atoms with Gasteiger partial charge in [0.1, 0.15) is 0 Å². The van der Waals surface area contributed by atoms with Crippen LogP contribution in [0.3, 0.4) is 0 Å². The summed E-state index contributed by atoms with van der Waals surface area (Å²) < 4.78 is 1.72. The number of aromatic nitrogens is 2. The van der Waals surface area contributed by atoms with E-state index < -0.39 is 5.97 Å². The van der Waals surface area contributed by atoms with Gasteiger partial charge >= 0.3 is 5.97 Å². The molecular formula is C13H12N2O2. The van der Waals surface area contributed by atoms with Crippen LogP contribution in [0.4, 0.5) is 0 Å². The number of aliphatic carboxylic acids is 1. The normalized spacial score (nSPS) is 10.9. The van der Waals surface area contributed by atoms with E-state index in [0.717, 1.165) is 22.9 Å². The van der Waals surface area contributed by atoms with Gasteiger partial charge in [0.25, 0.3) is 0 Å². The molecule has 0 saturated heterocycles. The lowest BCUT2D eigenvalue weighted by Gasteiger charge is -2.01. The molecule has 4 heteroatoms. The fraction of sp³-hybridized carbons (Fsp3) is 0.0769. The number of aryl methyl sites for hydroxylation is 1. The number of rotatable bonds is 3. The minimum absolute atomic E-state index is 0.758. The molecule has 1 aromatic carbocycles. The van der Waals surface area contributed by atoms with Crippen LogP contribution in [0.2, 0.25) is 0 Å². The molecule has 86 valence electrons. The third-order valence-corrected chi connectivity index (χ3v) is 2.29. The lowest BCUT2D eigenvalue weighted by atomic mass is 10.2. The Hall–Kier alpha value is -2.36. The molecule has 17 heavy (non-hydrogen) atoms. The minimum atomic E-state index is -0.965. The van der Waals surface area contributed by atoms with Crippen LogP contribution in [-0.2, 0) is 4.79 Å². The van der Waals surface area contributed by atoms with Crippen LogP contribution in [0, 0.1) is 6.92 Å². The summed E-state index contributed by atoms with van der Waals surface area (Å²) in [5, 5.41) is 12.7.